The van der Waals surface area contributed by atoms with Gasteiger partial charge in [0.25, 0.3) is 0 Å². The van der Waals surface area contributed by atoms with Gasteiger partial charge in [-0.05, 0) is 42.7 Å². The van der Waals surface area contributed by atoms with Gasteiger partial charge in [0, 0.05) is 12.3 Å². The monoisotopic (exact) mass is 423 g/mol. The molecule has 7 heteroatoms. The standard InChI is InChI=1S/C23H25N3O3S/c1-28-19-11-9-18(10-12-19)25-22(27)16-30-23-24-14-21(17-6-3-2-4-7-17)26(23)15-20-8-5-13-29-20/h2-4,6-7,9-12,14,20H,5,8,13,15-16H2,1H3,(H,25,27)/t20-/m1/s1. The number of nitrogens with zero attached hydrogens (tertiary/aromatic N) is 2. The lowest BCUT2D eigenvalue weighted by Gasteiger charge is -2.16. The van der Waals surface area contributed by atoms with Crippen molar-refractivity contribution in [1.82, 2.24) is 9.55 Å². The highest BCUT2D eigenvalue weighted by Crippen LogP contribution is 2.28. The number of hydrogen-bond acceptors (Lipinski definition) is 5. The second kappa shape index (κ2) is 9.82. The zero-order chi connectivity index (χ0) is 20.8. The number of anilines is 1. The molecule has 1 fully saturated rings. The molecule has 0 spiro atoms. The fraction of sp³-hybridized carbons (Fsp3) is 0.304. The number of methoxy groups -OCH3 is 1. The number of aromatic nitrogens is 2. The van der Waals surface area contributed by atoms with E-state index < -0.39 is 0 Å². The summed E-state index contributed by atoms with van der Waals surface area (Å²) in [6, 6.07) is 17.5. The maximum atomic E-state index is 12.4. The molecule has 1 saturated heterocycles. The fourth-order valence-corrected chi connectivity index (χ4v) is 4.27. The largest absolute Gasteiger partial charge is 0.497 e. The van der Waals surface area contributed by atoms with Gasteiger partial charge in [0.1, 0.15) is 5.75 Å². The first-order valence-electron chi connectivity index (χ1n) is 10.0. The first-order valence-corrected chi connectivity index (χ1v) is 11.0. The van der Waals surface area contributed by atoms with Crippen molar-refractivity contribution >= 4 is 23.4 Å². The Balaban J connectivity index is 1.45. The molecular formula is C23H25N3O3S. The first-order chi connectivity index (χ1) is 14.7. The highest BCUT2D eigenvalue weighted by molar-refractivity contribution is 7.99. The minimum atomic E-state index is -0.0712. The Hall–Kier alpha value is -2.77. The summed E-state index contributed by atoms with van der Waals surface area (Å²) in [5.41, 5.74) is 2.90. The molecular weight excluding hydrogens is 398 g/mol. The predicted molar refractivity (Wildman–Crippen MR) is 119 cm³/mol. The average molecular weight is 424 g/mol. The molecule has 0 bridgehead atoms. The van der Waals surface area contributed by atoms with E-state index in [-0.39, 0.29) is 17.8 Å². The van der Waals surface area contributed by atoms with Gasteiger partial charge < -0.3 is 19.4 Å². The second-order valence-corrected chi connectivity index (χ2v) is 8.05. The minimum Gasteiger partial charge on any atom is -0.497 e. The average Bonchev–Trinajstić information content (AvgIpc) is 3.44. The van der Waals surface area contributed by atoms with Gasteiger partial charge >= 0.3 is 0 Å². The van der Waals surface area contributed by atoms with Gasteiger partial charge in [-0.2, -0.15) is 0 Å². The van der Waals surface area contributed by atoms with Crippen molar-refractivity contribution in [3.63, 3.8) is 0 Å². The lowest BCUT2D eigenvalue weighted by atomic mass is 10.1. The maximum Gasteiger partial charge on any atom is 0.234 e. The van der Waals surface area contributed by atoms with Crippen LogP contribution < -0.4 is 10.1 Å². The Bertz CT molecular complexity index is 967. The molecule has 6 nitrogen and oxygen atoms in total. The Labute approximate surface area is 180 Å². The Morgan fingerprint density at radius 1 is 1.23 bits per heavy atom. The van der Waals surface area contributed by atoms with Crippen molar-refractivity contribution in [3.05, 3.63) is 60.8 Å². The van der Waals surface area contributed by atoms with E-state index in [9.17, 15) is 4.79 Å². The topological polar surface area (TPSA) is 65.4 Å². The summed E-state index contributed by atoms with van der Waals surface area (Å²) >= 11 is 1.44. The van der Waals surface area contributed by atoms with Crippen LogP contribution in [-0.4, -0.2) is 41.0 Å². The van der Waals surface area contributed by atoms with Crippen molar-refractivity contribution in [2.45, 2.75) is 30.6 Å². The van der Waals surface area contributed by atoms with Gasteiger partial charge in [-0.1, -0.05) is 42.1 Å². The van der Waals surface area contributed by atoms with Crippen molar-refractivity contribution < 1.29 is 14.3 Å². The van der Waals surface area contributed by atoms with Crippen LogP contribution in [0.25, 0.3) is 11.3 Å². The summed E-state index contributed by atoms with van der Waals surface area (Å²) in [6.45, 7) is 1.55. The molecule has 1 aliphatic heterocycles. The molecule has 1 aromatic heterocycles. The predicted octanol–water partition coefficient (Wildman–Crippen LogP) is 4.47. The number of amides is 1. The van der Waals surface area contributed by atoms with E-state index in [2.05, 4.69) is 27.0 Å². The van der Waals surface area contributed by atoms with Gasteiger partial charge in [-0.3, -0.25) is 4.79 Å². The molecule has 0 saturated carbocycles. The Morgan fingerprint density at radius 3 is 2.73 bits per heavy atom. The van der Waals surface area contributed by atoms with Gasteiger partial charge in [0.15, 0.2) is 5.16 Å². The number of imidazole rings is 1. The maximum absolute atomic E-state index is 12.4. The van der Waals surface area contributed by atoms with Crippen molar-refractivity contribution in [2.75, 3.05) is 24.8 Å². The normalized spacial score (nSPS) is 15.8. The Morgan fingerprint density at radius 2 is 2.03 bits per heavy atom. The zero-order valence-corrected chi connectivity index (χ0v) is 17.7. The van der Waals surface area contributed by atoms with Gasteiger partial charge in [-0.25, -0.2) is 4.98 Å². The molecule has 1 amide bonds. The van der Waals surface area contributed by atoms with E-state index in [1.165, 1.54) is 11.8 Å². The van der Waals surface area contributed by atoms with E-state index in [4.69, 9.17) is 9.47 Å². The van der Waals surface area contributed by atoms with Gasteiger partial charge in [0.05, 0.1) is 37.4 Å². The number of ether oxygens (including phenoxy) is 2. The third kappa shape index (κ3) is 5.04. The number of thioether (sulfide) groups is 1. The summed E-state index contributed by atoms with van der Waals surface area (Å²) in [7, 11) is 1.62. The number of benzene rings is 2. The smallest absolute Gasteiger partial charge is 0.234 e. The van der Waals surface area contributed by atoms with Crippen LogP contribution in [0.3, 0.4) is 0 Å². The van der Waals surface area contributed by atoms with Gasteiger partial charge in [0.2, 0.25) is 5.91 Å². The molecule has 3 aromatic rings. The lowest BCUT2D eigenvalue weighted by Crippen LogP contribution is -2.18. The van der Waals surface area contributed by atoms with E-state index in [1.807, 2.05) is 48.7 Å². The summed E-state index contributed by atoms with van der Waals surface area (Å²) < 4.78 is 13.2. The number of carbonyl (C=O) groups is 1. The van der Waals surface area contributed by atoms with E-state index >= 15 is 0 Å². The molecule has 4 rings (SSSR count). The molecule has 0 radical (unpaired) electrons. The SMILES string of the molecule is COc1ccc(NC(=O)CSc2ncc(-c3ccccc3)n2C[C@H]2CCCO2)cc1. The first kappa shape index (κ1) is 20.5. The molecule has 30 heavy (non-hydrogen) atoms. The van der Waals surface area contributed by atoms with Crippen molar-refractivity contribution in [3.8, 4) is 17.0 Å². The quantitative estimate of drug-likeness (QED) is 0.542. The van der Waals surface area contributed by atoms with Crippen molar-refractivity contribution in [2.24, 2.45) is 0 Å². The van der Waals surface area contributed by atoms with Crippen LogP contribution in [0.2, 0.25) is 0 Å². The molecule has 1 N–H and O–H groups in total. The number of hydrogen-bond donors (Lipinski definition) is 1. The van der Waals surface area contributed by atoms with Crippen LogP contribution in [0.1, 0.15) is 12.8 Å². The number of nitrogens with one attached hydrogen (secondary N) is 1. The molecule has 0 aliphatic carbocycles. The molecule has 156 valence electrons. The van der Waals surface area contributed by atoms with Crippen molar-refractivity contribution in [1.29, 1.82) is 0 Å². The second-order valence-electron chi connectivity index (χ2n) is 7.10. The van der Waals surface area contributed by atoms with Crippen LogP contribution >= 0.6 is 11.8 Å². The molecule has 1 aliphatic rings. The molecule has 1 atom stereocenters. The molecule has 2 aromatic carbocycles. The fourth-order valence-electron chi connectivity index (χ4n) is 3.48. The summed E-state index contributed by atoms with van der Waals surface area (Å²) in [4.78, 5) is 17.1. The van der Waals surface area contributed by atoms with E-state index in [0.717, 1.165) is 53.8 Å². The van der Waals surface area contributed by atoms with Gasteiger partial charge in [-0.15, -0.1) is 0 Å². The highest BCUT2D eigenvalue weighted by Gasteiger charge is 2.21. The zero-order valence-electron chi connectivity index (χ0n) is 16.9. The van der Waals surface area contributed by atoms with Crippen LogP contribution in [0.5, 0.6) is 5.75 Å². The number of carbonyl (C=O) groups excluding carboxylic acids is 1. The lowest BCUT2D eigenvalue weighted by molar-refractivity contribution is -0.113. The molecule has 0 unspecified atom stereocenters. The summed E-state index contributed by atoms with van der Waals surface area (Å²) in [6.07, 6.45) is 4.21. The van der Waals surface area contributed by atoms with Crippen LogP contribution in [0.15, 0.2) is 66.0 Å². The van der Waals surface area contributed by atoms with Crippen LogP contribution in [-0.2, 0) is 16.1 Å². The van der Waals surface area contributed by atoms with Crippen LogP contribution in [0, 0.1) is 0 Å². The van der Waals surface area contributed by atoms with E-state index in [0.29, 0.717) is 0 Å². The highest BCUT2D eigenvalue weighted by atomic mass is 32.2. The third-order valence-corrected chi connectivity index (χ3v) is 6.00. The molecule has 2 heterocycles. The summed E-state index contributed by atoms with van der Waals surface area (Å²) in [5.74, 6) is 0.966. The third-order valence-electron chi connectivity index (χ3n) is 5.00. The van der Waals surface area contributed by atoms with E-state index in [1.54, 1.807) is 7.11 Å². The van der Waals surface area contributed by atoms with Crippen LogP contribution in [0.4, 0.5) is 5.69 Å². The summed E-state index contributed by atoms with van der Waals surface area (Å²) in [5, 5.41) is 3.75. The minimum absolute atomic E-state index is 0.0712. The number of rotatable bonds is 8. The Kier molecular flexibility index (Phi) is 6.71.